The third-order valence-electron chi connectivity index (χ3n) is 4.32. The fourth-order valence-electron chi connectivity index (χ4n) is 2.85. The summed E-state index contributed by atoms with van der Waals surface area (Å²) in [5.41, 5.74) is 5.58. The van der Waals surface area contributed by atoms with Crippen LogP contribution in [-0.2, 0) is 19.4 Å². The Hall–Kier alpha value is -1.61. The van der Waals surface area contributed by atoms with Crippen LogP contribution >= 0.6 is 0 Å². The molecular formula is C17H23N3. The molecule has 2 aromatic rings. The van der Waals surface area contributed by atoms with Gasteiger partial charge in [-0.3, -0.25) is 4.68 Å². The van der Waals surface area contributed by atoms with Gasteiger partial charge in [0.2, 0.25) is 0 Å². The van der Waals surface area contributed by atoms with E-state index in [4.69, 9.17) is 5.10 Å². The largest absolute Gasteiger partial charge is 0.312 e. The summed E-state index contributed by atoms with van der Waals surface area (Å²) in [7, 11) is 0. The van der Waals surface area contributed by atoms with E-state index >= 15 is 0 Å². The third kappa shape index (κ3) is 2.63. The summed E-state index contributed by atoms with van der Waals surface area (Å²) in [5.74, 6) is 0. The summed E-state index contributed by atoms with van der Waals surface area (Å²) >= 11 is 0. The summed E-state index contributed by atoms with van der Waals surface area (Å²) in [6.07, 6.45) is 5.31. The van der Waals surface area contributed by atoms with Crippen molar-refractivity contribution in [2.75, 3.05) is 6.54 Å². The van der Waals surface area contributed by atoms with Gasteiger partial charge in [-0.25, -0.2) is 0 Å². The molecule has 3 nitrogen and oxygen atoms in total. The maximum atomic E-state index is 4.72. The summed E-state index contributed by atoms with van der Waals surface area (Å²) in [6, 6.07) is 9.33. The second-order valence-corrected chi connectivity index (χ2v) is 5.70. The molecule has 0 bridgehead atoms. The van der Waals surface area contributed by atoms with Crippen molar-refractivity contribution in [1.82, 2.24) is 15.1 Å². The van der Waals surface area contributed by atoms with Crippen LogP contribution in [0, 0.1) is 0 Å². The van der Waals surface area contributed by atoms with E-state index < -0.39 is 0 Å². The van der Waals surface area contributed by atoms with E-state index in [-0.39, 0.29) is 0 Å². The molecule has 0 saturated heterocycles. The van der Waals surface area contributed by atoms with Crippen LogP contribution in [0.3, 0.4) is 0 Å². The molecule has 1 N–H and O–H groups in total. The van der Waals surface area contributed by atoms with Crippen LogP contribution in [0.2, 0.25) is 0 Å². The highest BCUT2D eigenvalue weighted by Gasteiger charge is 2.13. The Bertz CT molecular complexity index is 586. The topological polar surface area (TPSA) is 29.9 Å². The van der Waals surface area contributed by atoms with Crippen molar-refractivity contribution in [3.8, 4) is 0 Å². The fraction of sp³-hybridized carbons (Fsp3) is 0.471. The molecule has 2 heterocycles. The standard InChI is InChI=1S/C17H23N3/c1-3-13(2)20-10-8-16(19-20)11-15-6-4-5-14-7-9-18-12-17(14)15/h4-6,8,10,13,18H,3,7,9,11-12H2,1-2H3. The van der Waals surface area contributed by atoms with Gasteiger partial charge in [0.25, 0.3) is 0 Å². The van der Waals surface area contributed by atoms with Crippen LogP contribution < -0.4 is 5.32 Å². The van der Waals surface area contributed by atoms with Crippen LogP contribution in [-0.4, -0.2) is 16.3 Å². The quantitative estimate of drug-likeness (QED) is 0.924. The summed E-state index contributed by atoms with van der Waals surface area (Å²) < 4.78 is 2.09. The zero-order valence-electron chi connectivity index (χ0n) is 12.4. The Morgan fingerprint density at radius 3 is 3.10 bits per heavy atom. The number of nitrogens with zero attached hydrogens (tertiary/aromatic N) is 2. The highest BCUT2D eigenvalue weighted by Crippen LogP contribution is 2.21. The Morgan fingerprint density at radius 1 is 1.35 bits per heavy atom. The molecule has 1 aromatic carbocycles. The van der Waals surface area contributed by atoms with E-state index in [0.29, 0.717) is 6.04 Å². The molecule has 0 aliphatic carbocycles. The maximum Gasteiger partial charge on any atom is 0.0668 e. The normalized spacial score (nSPS) is 15.9. The lowest BCUT2D eigenvalue weighted by atomic mass is 9.94. The zero-order valence-corrected chi connectivity index (χ0v) is 12.4. The lowest BCUT2D eigenvalue weighted by molar-refractivity contribution is 0.474. The first-order valence-electron chi connectivity index (χ1n) is 7.62. The molecule has 0 radical (unpaired) electrons. The van der Waals surface area contributed by atoms with Gasteiger partial charge in [0.05, 0.1) is 5.69 Å². The van der Waals surface area contributed by atoms with E-state index in [1.165, 1.54) is 22.4 Å². The molecule has 1 atom stereocenters. The van der Waals surface area contributed by atoms with Crippen LogP contribution in [0.5, 0.6) is 0 Å². The number of aromatic nitrogens is 2. The molecule has 1 aliphatic rings. The highest BCUT2D eigenvalue weighted by atomic mass is 15.3. The van der Waals surface area contributed by atoms with Crippen LogP contribution in [0.4, 0.5) is 0 Å². The number of benzene rings is 1. The van der Waals surface area contributed by atoms with Crippen molar-refractivity contribution in [2.24, 2.45) is 0 Å². The van der Waals surface area contributed by atoms with Gasteiger partial charge >= 0.3 is 0 Å². The zero-order chi connectivity index (χ0) is 13.9. The minimum atomic E-state index is 0.482. The number of hydrogen-bond acceptors (Lipinski definition) is 2. The molecule has 3 rings (SSSR count). The molecule has 0 fully saturated rings. The Labute approximate surface area is 121 Å². The van der Waals surface area contributed by atoms with Crippen molar-refractivity contribution >= 4 is 0 Å². The minimum Gasteiger partial charge on any atom is -0.312 e. The van der Waals surface area contributed by atoms with Crippen LogP contribution in [0.15, 0.2) is 30.5 Å². The molecule has 0 spiro atoms. The second kappa shape index (κ2) is 5.80. The van der Waals surface area contributed by atoms with Crippen molar-refractivity contribution in [1.29, 1.82) is 0 Å². The van der Waals surface area contributed by atoms with Gasteiger partial charge in [-0.05, 0) is 49.1 Å². The van der Waals surface area contributed by atoms with E-state index in [0.717, 1.165) is 32.4 Å². The molecule has 1 unspecified atom stereocenters. The van der Waals surface area contributed by atoms with Gasteiger partial charge in [0, 0.05) is 25.2 Å². The number of fused-ring (bicyclic) bond motifs is 1. The Morgan fingerprint density at radius 2 is 2.25 bits per heavy atom. The fourth-order valence-corrected chi connectivity index (χ4v) is 2.85. The number of nitrogens with one attached hydrogen (secondary N) is 1. The first-order valence-corrected chi connectivity index (χ1v) is 7.62. The first-order chi connectivity index (χ1) is 9.78. The second-order valence-electron chi connectivity index (χ2n) is 5.70. The monoisotopic (exact) mass is 269 g/mol. The minimum absolute atomic E-state index is 0.482. The third-order valence-corrected chi connectivity index (χ3v) is 4.32. The van der Waals surface area contributed by atoms with Gasteiger partial charge in [0.15, 0.2) is 0 Å². The molecule has 1 aliphatic heterocycles. The Kier molecular flexibility index (Phi) is 3.88. The van der Waals surface area contributed by atoms with E-state index in [1.54, 1.807) is 0 Å². The van der Waals surface area contributed by atoms with E-state index in [2.05, 4.69) is 54.3 Å². The van der Waals surface area contributed by atoms with Gasteiger partial charge in [-0.2, -0.15) is 5.10 Å². The van der Waals surface area contributed by atoms with Crippen molar-refractivity contribution in [3.63, 3.8) is 0 Å². The van der Waals surface area contributed by atoms with Crippen molar-refractivity contribution in [3.05, 3.63) is 52.8 Å². The van der Waals surface area contributed by atoms with Gasteiger partial charge in [-0.1, -0.05) is 25.1 Å². The molecule has 0 amide bonds. The summed E-state index contributed by atoms with van der Waals surface area (Å²) in [6.45, 7) is 6.51. The first kappa shape index (κ1) is 13.4. The maximum absolute atomic E-state index is 4.72. The predicted octanol–water partition coefficient (Wildman–Crippen LogP) is 3.09. The summed E-state index contributed by atoms with van der Waals surface area (Å²) in [5, 5.41) is 8.20. The lowest BCUT2D eigenvalue weighted by Gasteiger charge is -2.20. The van der Waals surface area contributed by atoms with Crippen LogP contribution in [0.1, 0.15) is 48.7 Å². The lowest BCUT2D eigenvalue weighted by Crippen LogP contribution is -2.24. The van der Waals surface area contributed by atoms with Gasteiger partial charge in [0.1, 0.15) is 0 Å². The van der Waals surface area contributed by atoms with Crippen LogP contribution in [0.25, 0.3) is 0 Å². The average molecular weight is 269 g/mol. The molecular weight excluding hydrogens is 246 g/mol. The number of hydrogen-bond donors (Lipinski definition) is 1. The molecule has 106 valence electrons. The molecule has 3 heteroatoms. The average Bonchev–Trinajstić information content (AvgIpc) is 2.95. The Balaban J connectivity index is 1.83. The van der Waals surface area contributed by atoms with Gasteiger partial charge < -0.3 is 5.32 Å². The van der Waals surface area contributed by atoms with E-state index in [9.17, 15) is 0 Å². The molecule has 0 saturated carbocycles. The molecule has 1 aromatic heterocycles. The predicted molar refractivity (Wildman–Crippen MR) is 81.9 cm³/mol. The molecule has 20 heavy (non-hydrogen) atoms. The van der Waals surface area contributed by atoms with Crippen molar-refractivity contribution in [2.45, 2.75) is 45.7 Å². The SMILES string of the molecule is CCC(C)n1ccc(Cc2cccc3c2CNCC3)n1. The summed E-state index contributed by atoms with van der Waals surface area (Å²) in [4.78, 5) is 0. The number of rotatable bonds is 4. The van der Waals surface area contributed by atoms with Gasteiger partial charge in [-0.15, -0.1) is 0 Å². The van der Waals surface area contributed by atoms with Crippen molar-refractivity contribution < 1.29 is 0 Å². The highest BCUT2D eigenvalue weighted by molar-refractivity contribution is 5.38. The van der Waals surface area contributed by atoms with E-state index in [1.807, 2.05) is 0 Å². The smallest absolute Gasteiger partial charge is 0.0668 e.